The van der Waals surface area contributed by atoms with E-state index in [4.69, 9.17) is 27.9 Å². The van der Waals surface area contributed by atoms with Crippen LogP contribution in [0.3, 0.4) is 0 Å². The Labute approximate surface area is 115 Å². The van der Waals surface area contributed by atoms with Crippen LogP contribution in [-0.4, -0.2) is 6.54 Å². The summed E-state index contributed by atoms with van der Waals surface area (Å²) in [5, 5.41) is 4.65. The zero-order chi connectivity index (χ0) is 12.5. The average Bonchev–Trinajstić information content (AvgIpc) is 2.39. The van der Waals surface area contributed by atoms with Gasteiger partial charge in [0, 0.05) is 5.02 Å². The zero-order valence-corrected chi connectivity index (χ0v) is 11.0. The SMILES string of the molecule is Clc1cccc(C2CNc3cccc(Cl)c3O2)c1. The van der Waals surface area contributed by atoms with E-state index in [0.717, 1.165) is 11.3 Å². The average molecular weight is 280 g/mol. The number of rotatable bonds is 1. The standard InChI is InChI=1S/C14H11Cl2NO/c15-10-4-1-3-9(7-10)13-8-17-12-6-2-5-11(16)14(12)18-13/h1-7,13,17H,8H2. The molecule has 0 saturated heterocycles. The van der Waals surface area contributed by atoms with E-state index in [1.807, 2.05) is 42.5 Å². The van der Waals surface area contributed by atoms with Gasteiger partial charge >= 0.3 is 0 Å². The number of hydrogen-bond donors (Lipinski definition) is 1. The fourth-order valence-corrected chi connectivity index (χ4v) is 2.46. The Hall–Kier alpha value is -1.38. The summed E-state index contributed by atoms with van der Waals surface area (Å²) in [5.74, 6) is 0.704. The van der Waals surface area contributed by atoms with Crippen LogP contribution in [0.4, 0.5) is 5.69 Å². The van der Waals surface area contributed by atoms with Crippen LogP contribution in [0.1, 0.15) is 11.7 Å². The lowest BCUT2D eigenvalue weighted by molar-refractivity contribution is 0.210. The van der Waals surface area contributed by atoms with Crippen molar-refractivity contribution in [3.63, 3.8) is 0 Å². The summed E-state index contributed by atoms with van der Waals surface area (Å²) in [6.45, 7) is 0.702. The Morgan fingerprint density at radius 1 is 1.11 bits per heavy atom. The largest absolute Gasteiger partial charge is 0.480 e. The number of nitrogens with one attached hydrogen (secondary N) is 1. The highest BCUT2D eigenvalue weighted by atomic mass is 35.5. The van der Waals surface area contributed by atoms with Crippen LogP contribution in [0, 0.1) is 0 Å². The third kappa shape index (κ3) is 2.14. The Bertz CT molecular complexity index is 586. The first-order valence-electron chi connectivity index (χ1n) is 5.68. The summed E-state index contributed by atoms with van der Waals surface area (Å²) in [6.07, 6.45) is -0.0731. The maximum Gasteiger partial charge on any atom is 0.161 e. The molecule has 0 saturated carbocycles. The number of anilines is 1. The minimum absolute atomic E-state index is 0.0731. The first-order chi connectivity index (χ1) is 8.74. The minimum Gasteiger partial charge on any atom is -0.480 e. The highest BCUT2D eigenvalue weighted by Crippen LogP contribution is 2.39. The van der Waals surface area contributed by atoms with Crippen molar-refractivity contribution >= 4 is 28.9 Å². The number of hydrogen-bond acceptors (Lipinski definition) is 2. The second-order valence-corrected chi connectivity index (χ2v) is 5.00. The lowest BCUT2D eigenvalue weighted by Gasteiger charge is -2.28. The van der Waals surface area contributed by atoms with Gasteiger partial charge < -0.3 is 10.1 Å². The zero-order valence-electron chi connectivity index (χ0n) is 9.49. The monoisotopic (exact) mass is 279 g/mol. The van der Waals surface area contributed by atoms with Crippen LogP contribution in [0.5, 0.6) is 5.75 Å². The molecule has 0 aliphatic carbocycles. The van der Waals surface area contributed by atoms with E-state index < -0.39 is 0 Å². The molecule has 2 aromatic carbocycles. The molecule has 1 heterocycles. The molecular weight excluding hydrogens is 269 g/mol. The van der Waals surface area contributed by atoms with Gasteiger partial charge in [0.05, 0.1) is 17.3 Å². The predicted octanol–water partition coefficient (Wildman–Crippen LogP) is 4.54. The summed E-state index contributed by atoms with van der Waals surface area (Å²) in [5.41, 5.74) is 1.97. The maximum atomic E-state index is 6.14. The van der Waals surface area contributed by atoms with Crippen molar-refractivity contribution in [1.29, 1.82) is 0 Å². The second kappa shape index (κ2) is 4.71. The summed E-state index contributed by atoms with van der Waals surface area (Å²) >= 11 is 12.1. The molecule has 0 bridgehead atoms. The third-order valence-corrected chi connectivity index (χ3v) is 3.46. The van der Waals surface area contributed by atoms with E-state index in [0.29, 0.717) is 22.3 Å². The van der Waals surface area contributed by atoms with Gasteiger partial charge in [-0.05, 0) is 29.8 Å². The Kier molecular flexibility index (Phi) is 3.06. The van der Waals surface area contributed by atoms with Crippen molar-refractivity contribution in [3.05, 3.63) is 58.1 Å². The molecular formula is C14H11Cl2NO. The quantitative estimate of drug-likeness (QED) is 0.828. The van der Waals surface area contributed by atoms with Crippen molar-refractivity contribution in [2.45, 2.75) is 6.10 Å². The Morgan fingerprint density at radius 2 is 1.94 bits per heavy atom. The molecule has 0 aromatic heterocycles. The molecule has 1 atom stereocenters. The van der Waals surface area contributed by atoms with Gasteiger partial charge in [-0.1, -0.05) is 41.4 Å². The molecule has 1 aliphatic heterocycles. The topological polar surface area (TPSA) is 21.3 Å². The maximum absolute atomic E-state index is 6.14. The van der Waals surface area contributed by atoms with E-state index in [9.17, 15) is 0 Å². The van der Waals surface area contributed by atoms with Crippen LogP contribution in [-0.2, 0) is 0 Å². The smallest absolute Gasteiger partial charge is 0.161 e. The Morgan fingerprint density at radius 3 is 2.78 bits per heavy atom. The molecule has 4 heteroatoms. The minimum atomic E-state index is -0.0731. The van der Waals surface area contributed by atoms with Gasteiger partial charge in [-0.15, -0.1) is 0 Å². The van der Waals surface area contributed by atoms with E-state index in [1.165, 1.54) is 0 Å². The Balaban J connectivity index is 1.93. The van der Waals surface area contributed by atoms with Crippen LogP contribution in [0.15, 0.2) is 42.5 Å². The van der Waals surface area contributed by atoms with Crippen molar-refractivity contribution in [1.82, 2.24) is 0 Å². The first-order valence-corrected chi connectivity index (χ1v) is 6.44. The fourth-order valence-electron chi connectivity index (χ4n) is 2.05. The molecule has 0 fully saturated rings. The van der Waals surface area contributed by atoms with Crippen LogP contribution < -0.4 is 10.1 Å². The molecule has 1 unspecified atom stereocenters. The van der Waals surface area contributed by atoms with Crippen molar-refractivity contribution in [2.24, 2.45) is 0 Å². The number of para-hydroxylation sites is 1. The summed E-state index contributed by atoms with van der Waals surface area (Å²) in [7, 11) is 0. The van der Waals surface area contributed by atoms with Gasteiger partial charge in [-0.2, -0.15) is 0 Å². The normalized spacial score (nSPS) is 17.6. The molecule has 0 spiro atoms. The van der Waals surface area contributed by atoms with Gasteiger partial charge in [-0.25, -0.2) is 0 Å². The molecule has 3 rings (SSSR count). The molecule has 2 aromatic rings. The molecule has 0 amide bonds. The molecule has 2 nitrogen and oxygen atoms in total. The molecule has 92 valence electrons. The van der Waals surface area contributed by atoms with E-state index >= 15 is 0 Å². The lowest BCUT2D eigenvalue weighted by Crippen LogP contribution is -2.23. The van der Waals surface area contributed by atoms with Crippen molar-refractivity contribution in [3.8, 4) is 5.75 Å². The third-order valence-electron chi connectivity index (χ3n) is 2.93. The highest BCUT2D eigenvalue weighted by molar-refractivity contribution is 6.32. The van der Waals surface area contributed by atoms with Gasteiger partial charge in [0.2, 0.25) is 0 Å². The van der Waals surface area contributed by atoms with E-state index in [2.05, 4.69) is 5.32 Å². The highest BCUT2D eigenvalue weighted by Gasteiger charge is 2.22. The van der Waals surface area contributed by atoms with Crippen LogP contribution in [0.25, 0.3) is 0 Å². The van der Waals surface area contributed by atoms with Gasteiger partial charge in [0.25, 0.3) is 0 Å². The number of benzene rings is 2. The molecule has 1 N–H and O–H groups in total. The fraction of sp³-hybridized carbons (Fsp3) is 0.143. The lowest BCUT2D eigenvalue weighted by atomic mass is 10.1. The predicted molar refractivity (Wildman–Crippen MR) is 74.8 cm³/mol. The van der Waals surface area contributed by atoms with Crippen molar-refractivity contribution < 1.29 is 4.74 Å². The summed E-state index contributed by atoms with van der Waals surface area (Å²) in [6, 6.07) is 13.4. The molecule has 1 aliphatic rings. The number of ether oxygens (including phenoxy) is 1. The van der Waals surface area contributed by atoms with Gasteiger partial charge in [0.15, 0.2) is 5.75 Å². The molecule has 0 radical (unpaired) electrons. The first kappa shape index (κ1) is 11.7. The van der Waals surface area contributed by atoms with E-state index in [-0.39, 0.29) is 6.10 Å². The second-order valence-electron chi connectivity index (χ2n) is 4.16. The van der Waals surface area contributed by atoms with Crippen LogP contribution in [0.2, 0.25) is 10.0 Å². The van der Waals surface area contributed by atoms with Gasteiger partial charge in [-0.3, -0.25) is 0 Å². The van der Waals surface area contributed by atoms with Crippen LogP contribution >= 0.6 is 23.2 Å². The number of fused-ring (bicyclic) bond motifs is 1. The van der Waals surface area contributed by atoms with Gasteiger partial charge in [0.1, 0.15) is 6.10 Å². The van der Waals surface area contributed by atoms with Crippen molar-refractivity contribution in [2.75, 3.05) is 11.9 Å². The number of halogens is 2. The van der Waals surface area contributed by atoms with E-state index in [1.54, 1.807) is 0 Å². The summed E-state index contributed by atoms with van der Waals surface area (Å²) < 4.78 is 5.95. The molecule has 18 heavy (non-hydrogen) atoms. The summed E-state index contributed by atoms with van der Waals surface area (Å²) in [4.78, 5) is 0.